The van der Waals surface area contributed by atoms with Crippen molar-refractivity contribution in [3.05, 3.63) is 34.9 Å². The maximum Gasteiger partial charge on any atom is 0.0471 e. The van der Waals surface area contributed by atoms with Crippen LogP contribution in [0, 0.1) is 0 Å². The van der Waals surface area contributed by atoms with Gasteiger partial charge in [0.15, 0.2) is 0 Å². The number of fused-ring (bicyclic) bond motifs is 1. The second-order valence-corrected chi connectivity index (χ2v) is 3.86. The van der Waals surface area contributed by atoms with Crippen molar-refractivity contribution in [3.8, 4) is 0 Å². The second-order valence-electron chi connectivity index (χ2n) is 3.86. The third-order valence-electron chi connectivity index (χ3n) is 2.79. The minimum absolute atomic E-state index is 0.242. The molecule has 1 aromatic rings. The maximum absolute atomic E-state index is 8.86. The Hall–Kier alpha value is -0.860. The van der Waals surface area contributed by atoms with E-state index in [0.717, 1.165) is 19.5 Å². The number of hydrogen-bond donors (Lipinski definition) is 2. The predicted molar refractivity (Wildman–Crippen MR) is 57.3 cm³/mol. The molecular weight excluding hydrogens is 174 g/mol. The third kappa shape index (κ3) is 2.14. The first-order valence-electron chi connectivity index (χ1n) is 5.32. The lowest BCUT2D eigenvalue weighted by atomic mass is 10.0. The van der Waals surface area contributed by atoms with Crippen molar-refractivity contribution in [1.29, 1.82) is 0 Å². The van der Waals surface area contributed by atoms with Gasteiger partial charge in [0.1, 0.15) is 0 Å². The van der Waals surface area contributed by atoms with Crippen LogP contribution in [0.15, 0.2) is 18.2 Å². The molecule has 0 fully saturated rings. The average molecular weight is 191 g/mol. The Morgan fingerprint density at radius 3 is 3.07 bits per heavy atom. The Balaban J connectivity index is 2.23. The number of hydrogen-bond acceptors (Lipinski definition) is 2. The molecule has 2 N–H and O–H groups in total. The molecule has 14 heavy (non-hydrogen) atoms. The van der Waals surface area contributed by atoms with Gasteiger partial charge in [-0.15, -0.1) is 0 Å². The smallest absolute Gasteiger partial charge is 0.0471 e. The number of rotatable bonds is 2. The Morgan fingerprint density at radius 2 is 2.21 bits per heavy atom. The first kappa shape index (κ1) is 9.69. The lowest BCUT2D eigenvalue weighted by molar-refractivity contribution is 0.299. The molecule has 1 heterocycles. The Kier molecular flexibility index (Phi) is 3.17. The van der Waals surface area contributed by atoms with Crippen molar-refractivity contribution < 1.29 is 5.11 Å². The standard InChI is InChI=1S/C12H17NO/c14-7-5-10-3-4-11-2-1-6-13-9-12(11)8-10/h3-4,8,13-14H,1-2,5-7,9H2. The molecule has 0 radical (unpaired) electrons. The van der Waals surface area contributed by atoms with Gasteiger partial charge in [-0.05, 0) is 42.5 Å². The molecule has 2 rings (SSSR count). The van der Waals surface area contributed by atoms with Crippen molar-refractivity contribution in [1.82, 2.24) is 5.32 Å². The van der Waals surface area contributed by atoms with Crippen LogP contribution >= 0.6 is 0 Å². The zero-order valence-electron chi connectivity index (χ0n) is 8.42. The highest BCUT2D eigenvalue weighted by Crippen LogP contribution is 2.16. The Morgan fingerprint density at radius 1 is 1.29 bits per heavy atom. The van der Waals surface area contributed by atoms with Gasteiger partial charge in [0.05, 0.1) is 0 Å². The number of nitrogens with one attached hydrogen (secondary N) is 1. The molecule has 2 heteroatoms. The molecule has 0 amide bonds. The fourth-order valence-corrected chi connectivity index (χ4v) is 2.00. The van der Waals surface area contributed by atoms with Crippen molar-refractivity contribution in [2.75, 3.05) is 13.2 Å². The molecule has 1 aromatic carbocycles. The van der Waals surface area contributed by atoms with Gasteiger partial charge in [-0.1, -0.05) is 18.2 Å². The Bertz CT molecular complexity index is 309. The summed E-state index contributed by atoms with van der Waals surface area (Å²) in [4.78, 5) is 0. The number of aryl methyl sites for hydroxylation is 1. The van der Waals surface area contributed by atoms with Crippen molar-refractivity contribution in [2.24, 2.45) is 0 Å². The highest BCUT2D eigenvalue weighted by molar-refractivity contribution is 5.33. The number of benzene rings is 1. The van der Waals surface area contributed by atoms with Crippen LogP contribution in [0.1, 0.15) is 23.1 Å². The molecule has 76 valence electrons. The first-order valence-corrected chi connectivity index (χ1v) is 5.32. The zero-order chi connectivity index (χ0) is 9.80. The maximum atomic E-state index is 8.86. The van der Waals surface area contributed by atoms with Gasteiger partial charge in [-0.3, -0.25) is 0 Å². The minimum Gasteiger partial charge on any atom is -0.396 e. The summed E-state index contributed by atoms with van der Waals surface area (Å²) in [6.45, 7) is 2.34. The van der Waals surface area contributed by atoms with Crippen LogP contribution in [0.5, 0.6) is 0 Å². The topological polar surface area (TPSA) is 32.3 Å². The van der Waals surface area contributed by atoms with E-state index in [0.29, 0.717) is 0 Å². The van der Waals surface area contributed by atoms with E-state index in [1.165, 1.54) is 29.5 Å². The molecular formula is C12H17NO. The summed E-state index contributed by atoms with van der Waals surface area (Å²) in [5.41, 5.74) is 4.13. The van der Waals surface area contributed by atoms with Gasteiger partial charge >= 0.3 is 0 Å². The van der Waals surface area contributed by atoms with Crippen LogP contribution in [-0.2, 0) is 19.4 Å². The summed E-state index contributed by atoms with van der Waals surface area (Å²) < 4.78 is 0. The van der Waals surface area contributed by atoms with Crippen molar-refractivity contribution >= 4 is 0 Å². The van der Waals surface area contributed by atoms with E-state index in [4.69, 9.17) is 5.11 Å². The van der Waals surface area contributed by atoms with E-state index in [1.807, 2.05) is 0 Å². The minimum atomic E-state index is 0.242. The second kappa shape index (κ2) is 4.58. The van der Waals surface area contributed by atoms with E-state index >= 15 is 0 Å². The normalized spacial score (nSPS) is 16.1. The van der Waals surface area contributed by atoms with E-state index in [1.54, 1.807) is 0 Å². The molecule has 0 unspecified atom stereocenters. The lowest BCUT2D eigenvalue weighted by Gasteiger charge is -2.07. The monoisotopic (exact) mass is 191 g/mol. The van der Waals surface area contributed by atoms with Crippen LogP contribution in [0.3, 0.4) is 0 Å². The first-order chi connectivity index (χ1) is 6.90. The molecule has 0 spiro atoms. The third-order valence-corrected chi connectivity index (χ3v) is 2.79. The van der Waals surface area contributed by atoms with E-state index in [9.17, 15) is 0 Å². The quantitative estimate of drug-likeness (QED) is 0.737. The zero-order valence-corrected chi connectivity index (χ0v) is 8.42. The lowest BCUT2D eigenvalue weighted by Crippen LogP contribution is -2.12. The summed E-state index contributed by atoms with van der Waals surface area (Å²) in [6.07, 6.45) is 3.18. The number of aliphatic hydroxyl groups is 1. The van der Waals surface area contributed by atoms with Gasteiger partial charge in [0.2, 0.25) is 0 Å². The van der Waals surface area contributed by atoms with Gasteiger partial charge in [-0.25, -0.2) is 0 Å². The van der Waals surface area contributed by atoms with Crippen LogP contribution in [0.25, 0.3) is 0 Å². The van der Waals surface area contributed by atoms with Gasteiger partial charge < -0.3 is 10.4 Å². The summed E-state index contributed by atoms with van der Waals surface area (Å²) >= 11 is 0. The van der Waals surface area contributed by atoms with Crippen LogP contribution in [0.4, 0.5) is 0 Å². The van der Waals surface area contributed by atoms with Crippen molar-refractivity contribution in [2.45, 2.75) is 25.8 Å². The largest absolute Gasteiger partial charge is 0.396 e. The van der Waals surface area contributed by atoms with E-state index in [2.05, 4.69) is 23.5 Å². The molecule has 1 aliphatic rings. The van der Waals surface area contributed by atoms with E-state index < -0.39 is 0 Å². The van der Waals surface area contributed by atoms with Crippen molar-refractivity contribution in [3.63, 3.8) is 0 Å². The molecule has 0 saturated heterocycles. The molecule has 1 aliphatic heterocycles. The highest BCUT2D eigenvalue weighted by atomic mass is 16.2. The molecule has 0 bridgehead atoms. The summed E-state index contributed by atoms with van der Waals surface area (Å²) in [6, 6.07) is 6.58. The summed E-state index contributed by atoms with van der Waals surface area (Å²) in [5, 5.41) is 12.3. The Labute approximate surface area is 85.0 Å². The molecule has 2 nitrogen and oxygen atoms in total. The van der Waals surface area contributed by atoms with Gasteiger partial charge in [-0.2, -0.15) is 0 Å². The summed E-state index contributed by atoms with van der Waals surface area (Å²) in [7, 11) is 0. The summed E-state index contributed by atoms with van der Waals surface area (Å²) in [5.74, 6) is 0. The van der Waals surface area contributed by atoms with Crippen LogP contribution in [-0.4, -0.2) is 18.3 Å². The molecule has 0 aliphatic carbocycles. The van der Waals surface area contributed by atoms with Crippen LogP contribution < -0.4 is 5.32 Å². The molecule has 0 saturated carbocycles. The highest BCUT2D eigenvalue weighted by Gasteiger charge is 2.07. The predicted octanol–water partition coefficient (Wildman–Crippen LogP) is 1.26. The average Bonchev–Trinajstić information content (AvgIpc) is 2.42. The molecule has 0 atom stereocenters. The van der Waals surface area contributed by atoms with Gasteiger partial charge in [0, 0.05) is 13.2 Å². The SMILES string of the molecule is OCCc1ccc2c(c1)CNCCC2. The fourth-order valence-electron chi connectivity index (χ4n) is 2.00. The molecule has 0 aromatic heterocycles. The van der Waals surface area contributed by atoms with E-state index in [-0.39, 0.29) is 6.61 Å². The van der Waals surface area contributed by atoms with Gasteiger partial charge in [0.25, 0.3) is 0 Å². The number of aliphatic hydroxyl groups excluding tert-OH is 1. The van der Waals surface area contributed by atoms with Crippen LogP contribution in [0.2, 0.25) is 0 Å². The fraction of sp³-hybridized carbons (Fsp3) is 0.500.